The summed E-state index contributed by atoms with van der Waals surface area (Å²) in [4.78, 5) is 11.4. The monoisotopic (exact) mass is 252 g/mol. The Balaban J connectivity index is 2.18. The van der Waals surface area contributed by atoms with Gasteiger partial charge in [0.1, 0.15) is 17.6 Å². The third kappa shape index (κ3) is 2.56. The first kappa shape index (κ1) is 12.7. The molecular weight excluding hydrogens is 236 g/mol. The highest BCUT2D eigenvalue weighted by Crippen LogP contribution is 2.33. The summed E-state index contributed by atoms with van der Waals surface area (Å²) in [5.74, 6) is -1.06. The SMILES string of the molecule is C[C@@H](C1=CC(=O)OC(C)(C)O1)[C@@H](O)c1ccco1. The van der Waals surface area contributed by atoms with Gasteiger partial charge in [-0.15, -0.1) is 0 Å². The van der Waals surface area contributed by atoms with Crippen LogP contribution in [0.15, 0.2) is 34.6 Å². The van der Waals surface area contributed by atoms with Crippen LogP contribution in [0.2, 0.25) is 0 Å². The van der Waals surface area contributed by atoms with Crippen LogP contribution >= 0.6 is 0 Å². The van der Waals surface area contributed by atoms with Gasteiger partial charge in [0.25, 0.3) is 0 Å². The molecule has 1 aliphatic heterocycles. The molecule has 0 saturated heterocycles. The Bertz CT molecular complexity index is 458. The van der Waals surface area contributed by atoms with Gasteiger partial charge in [0.05, 0.1) is 12.3 Å². The van der Waals surface area contributed by atoms with Crippen molar-refractivity contribution >= 4 is 5.97 Å². The molecule has 98 valence electrons. The predicted octanol–water partition coefficient (Wildman–Crippen LogP) is 2.14. The van der Waals surface area contributed by atoms with E-state index in [2.05, 4.69) is 0 Å². The molecule has 0 bridgehead atoms. The van der Waals surface area contributed by atoms with Crippen LogP contribution in [0.1, 0.15) is 32.6 Å². The molecule has 18 heavy (non-hydrogen) atoms. The van der Waals surface area contributed by atoms with E-state index in [4.69, 9.17) is 13.9 Å². The smallest absolute Gasteiger partial charge is 0.337 e. The van der Waals surface area contributed by atoms with E-state index in [9.17, 15) is 9.90 Å². The molecule has 0 amide bonds. The molecule has 0 aliphatic carbocycles. The molecule has 0 fully saturated rings. The van der Waals surface area contributed by atoms with Gasteiger partial charge in [0, 0.05) is 19.8 Å². The number of aliphatic hydroxyl groups excluding tert-OH is 1. The number of ether oxygens (including phenoxy) is 2. The maximum Gasteiger partial charge on any atom is 0.337 e. The van der Waals surface area contributed by atoms with Crippen molar-refractivity contribution in [1.82, 2.24) is 0 Å². The van der Waals surface area contributed by atoms with E-state index in [1.54, 1.807) is 32.9 Å². The predicted molar refractivity (Wildman–Crippen MR) is 62.2 cm³/mol. The molecular formula is C13H16O5. The van der Waals surface area contributed by atoms with Crippen molar-refractivity contribution in [2.75, 3.05) is 0 Å². The van der Waals surface area contributed by atoms with Crippen LogP contribution in [0.25, 0.3) is 0 Å². The number of hydrogen-bond donors (Lipinski definition) is 1. The molecule has 1 aromatic rings. The number of hydrogen-bond acceptors (Lipinski definition) is 5. The van der Waals surface area contributed by atoms with E-state index in [0.29, 0.717) is 11.5 Å². The summed E-state index contributed by atoms with van der Waals surface area (Å²) in [6, 6.07) is 3.37. The lowest BCUT2D eigenvalue weighted by Crippen LogP contribution is -2.36. The van der Waals surface area contributed by atoms with E-state index in [-0.39, 0.29) is 0 Å². The Kier molecular flexibility index (Phi) is 3.17. The van der Waals surface area contributed by atoms with Crippen molar-refractivity contribution in [2.45, 2.75) is 32.7 Å². The van der Waals surface area contributed by atoms with Gasteiger partial charge in [0.2, 0.25) is 5.79 Å². The minimum atomic E-state index is -1.02. The highest BCUT2D eigenvalue weighted by atomic mass is 16.7. The minimum absolute atomic E-state index is 0.389. The average Bonchev–Trinajstić information content (AvgIpc) is 2.77. The molecule has 1 aliphatic rings. The zero-order chi connectivity index (χ0) is 13.3. The molecule has 0 saturated carbocycles. The summed E-state index contributed by atoms with van der Waals surface area (Å²) < 4.78 is 15.7. The van der Waals surface area contributed by atoms with Crippen LogP contribution < -0.4 is 0 Å². The highest BCUT2D eigenvalue weighted by Gasteiger charge is 2.35. The number of carbonyl (C=O) groups excluding carboxylic acids is 1. The van der Waals surface area contributed by atoms with Crippen LogP contribution in [-0.4, -0.2) is 16.9 Å². The molecule has 0 spiro atoms. The molecule has 0 unspecified atom stereocenters. The topological polar surface area (TPSA) is 68.9 Å². The van der Waals surface area contributed by atoms with Crippen molar-refractivity contribution in [2.24, 2.45) is 5.92 Å². The van der Waals surface area contributed by atoms with Crippen LogP contribution in [0.5, 0.6) is 0 Å². The third-order valence-corrected chi connectivity index (χ3v) is 2.73. The summed E-state index contributed by atoms with van der Waals surface area (Å²) in [7, 11) is 0. The molecule has 2 heterocycles. The number of rotatable bonds is 3. The Morgan fingerprint density at radius 2 is 2.06 bits per heavy atom. The second kappa shape index (κ2) is 4.49. The van der Waals surface area contributed by atoms with E-state index in [0.717, 1.165) is 0 Å². The second-order valence-corrected chi connectivity index (χ2v) is 4.72. The Morgan fingerprint density at radius 3 is 2.61 bits per heavy atom. The van der Waals surface area contributed by atoms with Crippen LogP contribution in [-0.2, 0) is 14.3 Å². The molecule has 0 aromatic carbocycles. The summed E-state index contributed by atoms with van der Waals surface area (Å²) >= 11 is 0. The Hall–Kier alpha value is -1.75. The maximum atomic E-state index is 11.4. The first-order valence-electron chi connectivity index (χ1n) is 5.74. The number of carbonyl (C=O) groups is 1. The van der Waals surface area contributed by atoms with Gasteiger partial charge in [-0.05, 0) is 12.1 Å². The van der Waals surface area contributed by atoms with Gasteiger partial charge in [-0.2, -0.15) is 0 Å². The van der Waals surface area contributed by atoms with E-state index >= 15 is 0 Å². The average molecular weight is 252 g/mol. The summed E-state index contributed by atoms with van der Waals surface area (Å²) in [6.45, 7) is 5.04. The van der Waals surface area contributed by atoms with Crippen LogP contribution in [0.4, 0.5) is 0 Å². The third-order valence-electron chi connectivity index (χ3n) is 2.73. The van der Waals surface area contributed by atoms with Crippen molar-refractivity contribution in [3.8, 4) is 0 Å². The number of esters is 1. The van der Waals surface area contributed by atoms with Crippen molar-refractivity contribution in [1.29, 1.82) is 0 Å². The molecule has 1 aromatic heterocycles. The standard InChI is InChI=1S/C13H16O5/c1-8(12(15)9-5-4-6-16-9)10-7-11(14)18-13(2,3)17-10/h4-8,12,15H,1-3H3/t8-,12+/m0/s1. The van der Waals surface area contributed by atoms with Crippen molar-refractivity contribution in [3.05, 3.63) is 36.0 Å². The fourth-order valence-electron chi connectivity index (χ4n) is 1.81. The molecule has 1 N–H and O–H groups in total. The van der Waals surface area contributed by atoms with E-state index in [1.165, 1.54) is 12.3 Å². The van der Waals surface area contributed by atoms with Gasteiger partial charge >= 0.3 is 5.97 Å². The Morgan fingerprint density at radius 1 is 1.33 bits per heavy atom. The van der Waals surface area contributed by atoms with Crippen molar-refractivity contribution in [3.63, 3.8) is 0 Å². The molecule has 5 nitrogen and oxygen atoms in total. The fourth-order valence-corrected chi connectivity index (χ4v) is 1.81. The van der Waals surface area contributed by atoms with Crippen molar-refractivity contribution < 1.29 is 23.8 Å². The summed E-state index contributed by atoms with van der Waals surface area (Å²) in [6.07, 6.45) is 1.87. The first-order valence-corrected chi connectivity index (χ1v) is 5.74. The maximum absolute atomic E-state index is 11.4. The fraction of sp³-hybridized carbons (Fsp3) is 0.462. The summed E-state index contributed by atoms with van der Waals surface area (Å²) in [5.41, 5.74) is 0. The zero-order valence-electron chi connectivity index (χ0n) is 10.5. The molecule has 0 radical (unpaired) electrons. The normalized spacial score (nSPS) is 21.6. The second-order valence-electron chi connectivity index (χ2n) is 4.72. The number of cyclic esters (lactones) is 1. The van der Waals surface area contributed by atoms with Crippen LogP contribution in [0, 0.1) is 5.92 Å². The lowest BCUT2D eigenvalue weighted by atomic mass is 9.99. The Labute approximate surface area is 105 Å². The van der Waals surface area contributed by atoms with Gasteiger partial charge in [-0.3, -0.25) is 0 Å². The van der Waals surface area contributed by atoms with Gasteiger partial charge < -0.3 is 19.0 Å². The number of furan rings is 1. The highest BCUT2D eigenvalue weighted by molar-refractivity contribution is 5.83. The minimum Gasteiger partial charge on any atom is -0.467 e. The lowest BCUT2D eigenvalue weighted by Gasteiger charge is -2.33. The lowest BCUT2D eigenvalue weighted by molar-refractivity contribution is -0.209. The largest absolute Gasteiger partial charge is 0.467 e. The van der Waals surface area contributed by atoms with Gasteiger partial charge in [-0.1, -0.05) is 6.92 Å². The molecule has 2 rings (SSSR count). The van der Waals surface area contributed by atoms with Gasteiger partial charge in [0.15, 0.2) is 0 Å². The van der Waals surface area contributed by atoms with Crippen LogP contribution in [0.3, 0.4) is 0 Å². The van der Waals surface area contributed by atoms with E-state index < -0.39 is 23.8 Å². The zero-order valence-corrected chi connectivity index (χ0v) is 10.5. The quantitative estimate of drug-likeness (QED) is 0.835. The van der Waals surface area contributed by atoms with E-state index in [1.807, 2.05) is 0 Å². The van der Waals surface area contributed by atoms with Gasteiger partial charge in [-0.25, -0.2) is 4.79 Å². The molecule has 2 atom stereocenters. The first-order chi connectivity index (χ1) is 8.39. The molecule has 5 heteroatoms. The summed E-state index contributed by atoms with van der Waals surface area (Å²) in [5, 5.41) is 10.1. The number of aliphatic hydroxyl groups is 1.